The summed E-state index contributed by atoms with van der Waals surface area (Å²) in [7, 11) is 0. The molecule has 0 saturated carbocycles. The molecule has 0 bridgehead atoms. The summed E-state index contributed by atoms with van der Waals surface area (Å²) in [5.41, 5.74) is 1.09. The first kappa shape index (κ1) is 5.83. The van der Waals surface area contributed by atoms with E-state index in [9.17, 15) is 4.79 Å². The Morgan fingerprint density at radius 1 is 1.88 bits per heavy atom. The third-order valence-electron chi connectivity index (χ3n) is 1.20. The Balaban J connectivity index is 2.70. The van der Waals surface area contributed by atoms with Crippen molar-refractivity contribution >= 4 is 17.4 Å². The largest absolute Gasteiger partial charge is 0.293 e. The summed E-state index contributed by atoms with van der Waals surface area (Å²) in [6, 6.07) is 0. The number of allylic oxidation sites excluding steroid dienone is 2. The highest BCUT2D eigenvalue weighted by molar-refractivity contribution is 6.34. The van der Waals surface area contributed by atoms with E-state index in [1.54, 1.807) is 6.08 Å². The quantitative estimate of drug-likeness (QED) is 0.455. The van der Waals surface area contributed by atoms with Gasteiger partial charge in [0, 0.05) is 0 Å². The molecule has 0 N–H and O–H groups in total. The average molecular weight is 131 g/mol. The van der Waals surface area contributed by atoms with E-state index >= 15 is 0 Å². The molecule has 0 aromatic heterocycles. The first-order chi connectivity index (χ1) is 3.70. The van der Waals surface area contributed by atoms with Crippen molar-refractivity contribution in [1.29, 1.82) is 0 Å². The fraction of sp³-hybridized carbons (Fsp3) is 0.500. The molecule has 44 valence electrons. The lowest BCUT2D eigenvalue weighted by Gasteiger charge is -1.91. The van der Waals surface area contributed by atoms with E-state index < -0.39 is 0 Å². The number of carbonyl (C=O) groups is 1. The Morgan fingerprint density at radius 2 is 2.50 bits per heavy atom. The fourth-order valence-electron chi connectivity index (χ4n) is 0.775. The summed E-state index contributed by atoms with van der Waals surface area (Å²) < 4.78 is 0. The lowest BCUT2D eigenvalue weighted by atomic mass is 10.3. The van der Waals surface area contributed by atoms with Crippen LogP contribution in [0.5, 0.6) is 0 Å². The lowest BCUT2D eigenvalue weighted by molar-refractivity contribution is -0.113. The van der Waals surface area contributed by atoms with Crippen LogP contribution in [-0.2, 0) is 4.79 Å². The molecule has 0 saturated heterocycles. The predicted octanol–water partition coefficient (Wildman–Crippen LogP) is 1.51. The molecule has 0 fully saturated rings. The maximum absolute atomic E-state index is 10.6. The maximum Gasteiger partial charge on any atom is 0.173 e. The zero-order valence-corrected chi connectivity index (χ0v) is 5.40. The second kappa shape index (κ2) is 1.90. The Kier molecular flexibility index (Phi) is 1.39. The van der Waals surface area contributed by atoms with Gasteiger partial charge < -0.3 is 0 Å². The molecule has 1 atom stereocenters. The lowest BCUT2D eigenvalue weighted by Crippen LogP contribution is -2.03. The van der Waals surface area contributed by atoms with Crippen molar-refractivity contribution in [2.75, 3.05) is 0 Å². The Bertz CT molecular complexity index is 149. The van der Waals surface area contributed by atoms with Gasteiger partial charge in [0.25, 0.3) is 0 Å². The van der Waals surface area contributed by atoms with Gasteiger partial charge in [0.2, 0.25) is 0 Å². The summed E-state index contributed by atoms with van der Waals surface area (Å²) in [6.07, 6.45) is 2.35. The minimum atomic E-state index is -0.269. The molecule has 0 heterocycles. The topological polar surface area (TPSA) is 17.1 Å². The highest BCUT2D eigenvalue weighted by atomic mass is 35.5. The third-order valence-corrected chi connectivity index (χ3v) is 1.57. The molecular weight excluding hydrogens is 124 g/mol. The van der Waals surface area contributed by atoms with Crippen LogP contribution in [0.4, 0.5) is 0 Å². The maximum atomic E-state index is 10.6. The normalized spacial score (nSPS) is 28.5. The van der Waals surface area contributed by atoms with Gasteiger partial charge in [-0.1, -0.05) is 5.57 Å². The standard InChI is InChI=1S/C6H7ClO/c1-4-2-5(7)6(8)3-4/h3,5H,2H2,1H3. The first-order valence-corrected chi connectivity index (χ1v) is 2.99. The van der Waals surface area contributed by atoms with Crippen LogP contribution in [0.15, 0.2) is 11.6 Å². The number of rotatable bonds is 0. The number of halogens is 1. The highest BCUT2D eigenvalue weighted by Gasteiger charge is 2.19. The molecule has 1 nitrogen and oxygen atoms in total. The predicted molar refractivity (Wildman–Crippen MR) is 33.0 cm³/mol. The molecule has 1 rings (SSSR count). The van der Waals surface area contributed by atoms with Crippen LogP contribution >= 0.6 is 11.6 Å². The van der Waals surface area contributed by atoms with E-state index in [1.165, 1.54) is 0 Å². The minimum absolute atomic E-state index is 0.0594. The van der Waals surface area contributed by atoms with E-state index in [0.717, 1.165) is 12.0 Å². The van der Waals surface area contributed by atoms with Gasteiger partial charge in [-0.3, -0.25) is 4.79 Å². The van der Waals surface area contributed by atoms with Gasteiger partial charge >= 0.3 is 0 Å². The van der Waals surface area contributed by atoms with Crippen LogP contribution in [0, 0.1) is 0 Å². The van der Waals surface area contributed by atoms with Gasteiger partial charge in [0.15, 0.2) is 5.78 Å². The molecule has 0 aliphatic heterocycles. The van der Waals surface area contributed by atoms with Crippen molar-refractivity contribution in [3.05, 3.63) is 11.6 Å². The Labute approximate surface area is 53.3 Å². The SMILES string of the molecule is CC1=CC(=O)C(Cl)C1. The van der Waals surface area contributed by atoms with Gasteiger partial charge in [0.1, 0.15) is 0 Å². The summed E-state index contributed by atoms with van der Waals surface area (Å²) in [4.78, 5) is 10.6. The number of hydrogen-bond donors (Lipinski definition) is 0. The van der Waals surface area contributed by atoms with Gasteiger partial charge in [-0.25, -0.2) is 0 Å². The van der Waals surface area contributed by atoms with Gasteiger partial charge in [0.05, 0.1) is 5.38 Å². The van der Waals surface area contributed by atoms with Crippen LogP contribution in [0.1, 0.15) is 13.3 Å². The van der Waals surface area contributed by atoms with Crippen molar-refractivity contribution in [1.82, 2.24) is 0 Å². The van der Waals surface area contributed by atoms with E-state index in [-0.39, 0.29) is 11.2 Å². The van der Waals surface area contributed by atoms with E-state index in [1.807, 2.05) is 6.92 Å². The molecule has 2 heteroatoms. The van der Waals surface area contributed by atoms with Gasteiger partial charge in [-0.15, -0.1) is 11.6 Å². The molecule has 0 radical (unpaired) electrons. The number of hydrogen-bond acceptors (Lipinski definition) is 1. The van der Waals surface area contributed by atoms with Crippen molar-refractivity contribution < 1.29 is 4.79 Å². The third kappa shape index (κ3) is 0.920. The average Bonchev–Trinajstić information content (AvgIpc) is 1.85. The zero-order chi connectivity index (χ0) is 6.15. The molecule has 8 heavy (non-hydrogen) atoms. The van der Waals surface area contributed by atoms with Crippen LogP contribution in [0.2, 0.25) is 0 Å². The summed E-state index contributed by atoms with van der Waals surface area (Å²) in [5.74, 6) is 0.0594. The second-order valence-corrected chi connectivity index (χ2v) is 2.59. The molecule has 1 aliphatic rings. The van der Waals surface area contributed by atoms with E-state index in [4.69, 9.17) is 11.6 Å². The summed E-state index contributed by atoms with van der Waals surface area (Å²) in [5, 5.41) is -0.269. The molecular formula is C6H7ClO. The fourth-order valence-corrected chi connectivity index (χ4v) is 1.08. The number of alkyl halides is 1. The smallest absolute Gasteiger partial charge is 0.173 e. The molecule has 0 aromatic rings. The monoisotopic (exact) mass is 130 g/mol. The number of carbonyl (C=O) groups excluding carboxylic acids is 1. The Morgan fingerprint density at radius 3 is 2.62 bits per heavy atom. The van der Waals surface area contributed by atoms with Crippen LogP contribution in [0.3, 0.4) is 0 Å². The van der Waals surface area contributed by atoms with Gasteiger partial charge in [-0.05, 0) is 19.4 Å². The van der Waals surface area contributed by atoms with Crippen LogP contribution in [-0.4, -0.2) is 11.2 Å². The van der Waals surface area contributed by atoms with Crippen molar-refractivity contribution in [3.8, 4) is 0 Å². The van der Waals surface area contributed by atoms with Crippen molar-refractivity contribution in [2.24, 2.45) is 0 Å². The minimum Gasteiger partial charge on any atom is -0.293 e. The Hall–Kier alpha value is -0.300. The van der Waals surface area contributed by atoms with Crippen LogP contribution < -0.4 is 0 Å². The van der Waals surface area contributed by atoms with E-state index in [0.29, 0.717) is 0 Å². The highest BCUT2D eigenvalue weighted by Crippen LogP contribution is 2.19. The molecule has 0 aromatic carbocycles. The summed E-state index contributed by atoms with van der Waals surface area (Å²) >= 11 is 5.56. The molecule has 1 unspecified atom stereocenters. The molecule has 0 spiro atoms. The second-order valence-electron chi connectivity index (χ2n) is 2.06. The first-order valence-electron chi connectivity index (χ1n) is 2.55. The zero-order valence-electron chi connectivity index (χ0n) is 4.65. The van der Waals surface area contributed by atoms with Gasteiger partial charge in [-0.2, -0.15) is 0 Å². The number of ketones is 1. The van der Waals surface area contributed by atoms with Crippen LogP contribution in [0.25, 0.3) is 0 Å². The summed E-state index contributed by atoms with van der Waals surface area (Å²) in [6.45, 7) is 1.92. The molecule has 0 amide bonds. The molecule has 1 aliphatic carbocycles. The van der Waals surface area contributed by atoms with Crippen molar-refractivity contribution in [2.45, 2.75) is 18.7 Å². The van der Waals surface area contributed by atoms with Crippen molar-refractivity contribution in [3.63, 3.8) is 0 Å². The van der Waals surface area contributed by atoms with E-state index in [2.05, 4.69) is 0 Å².